The molecule has 1 amide bonds. The average molecular weight is 262 g/mol. The number of nitrogens with two attached hydrogens (primary N) is 1. The van der Waals surface area contributed by atoms with Crippen molar-refractivity contribution in [3.8, 4) is 0 Å². The van der Waals surface area contributed by atoms with Gasteiger partial charge in [0.25, 0.3) is 5.91 Å². The third-order valence-corrected chi connectivity index (χ3v) is 4.59. The van der Waals surface area contributed by atoms with Crippen LogP contribution in [0.25, 0.3) is 0 Å². The van der Waals surface area contributed by atoms with Crippen molar-refractivity contribution in [1.29, 1.82) is 0 Å². The Labute approximate surface area is 112 Å². The molecule has 2 aliphatic carbocycles. The predicted octanol–water partition coefficient (Wildman–Crippen LogP) is 2.36. The smallest absolute Gasteiger partial charge is 0.251 e. The highest BCUT2D eigenvalue weighted by Gasteiger charge is 2.49. The molecule has 0 heterocycles. The van der Waals surface area contributed by atoms with Gasteiger partial charge in [-0.2, -0.15) is 0 Å². The number of rotatable bonds is 2. The molecule has 1 aromatic carbocycles. The Kier molecular flexibility index (Phi) is 2.86. The molecule has 2 bridgehead atoms. The van der Waals surface area contributed by atoms with Crippen molar-refractivity contribution in [2.24, 2.45) is 5.73 Å². The monoisotopic (exact) mass is 262 g/mol. The SMILES string of the molecule is N[C@]12CCC[C@](NC(=O)c3cccc(F)c3)(CC1)C2. The van der Waals surface area contributed by atoms with Crippen LogP contribution in [-0.2, 0) is 0 Å². The summed E-state index contributed by atoms with van der Waals surface area (Å²) in [6, 6.07) is 5.82. The minimum atomic E-state index is -0.381. The van der Waals surface area contributed by atoms with Crippen molar-refractivity contribution in [2.45, 2.75) is 49.6 Å². The second-order valence-corrected chi connectivity index (χ2v) is 6.14. The summed E-state index contributed by atoms with van der Waals surface area (Å²) in [6.45, 7) is 0. The first kappa shape index (κ1) is 12.6. The van der Waals surface area contributed by atoms with E-state index in [2.05, 4.69) is 5.32 Å². The van der Waals surface area contributed by atoms with E-state index in [1.165, 1.54) is 12.1 Å². The highest BCUT2D eigenvalue weighted by atomic mass is 19.1. The summed E-state index contributed by atoms with van der Waals surface area (Å²) in [6.07, 6.45) is 5.83. The van der Waals surface area contributed by atoms with Crippen LogP contribution < -0.4 is 11.1 Å². The van der Waals surface area contributed by atoms with Crippen LogP contribution in [-0.4, -0.2) is 17.0 Å². The Morgan fingerprint density at radius 2 is 2.11 bits per heavy atom. The number of amides is 1. The van der Waals surface area contributed by atoms with Gasteiger partial charge in [0, 0.05) is 16.6 Å². The summed E-state index contributed by atoms with van der Waals surface area (Å²) in [7, 11) is 0. The molecule has 3 nitrogen and oxygen atoms in total. The highest BCUT2D eigenvalue weighted by Crippen LogP contribution is 2.46. The Morgan fingerprint density at radius 3 is 2.89 bits per heavy atom. The van der Waals surface area contributed by atoms with Gasteiger partial charge in [-0.1, -0.05) is 6.07 Å². The second-order valence-electron chi connectivity index (χ2n) is 6.14. The molecule has 0 saturated heterocycles. The maximum Gasteiger partial charge on any atom is 0.251 e. The molecule has 2 fully saturated rings. The number of fused-ring (bicyclic) bond motifs is 2. The van der Waals surface area contributed by atoms with E-state index >= 15 is 0 Å². The molecular weight excluding hydrogens is 243 g/mol. The largest absolute Gasteiger partial charge is 0.347 e. The zero-order chi connectivity index (χ0) is 13.5. The van der Waals surface area contributed by atoms with Gasteiger partial charge in [0.15, 0.2) is 0 Å². The molecule has 0 radical (unpaired) electrons. The van der Waals surface area contributed by atoms with E-state index in [1.54, 1.807) is 12.1 Å². The lowest BCUT2D eigenvalue weighted by Gasteiger charge is -2.38. The van der Waals surface area contributed by atoms with Crippen molar-refractivity contribution in [2.75, 3.05) is 0 Å². The molecule has 2 saturated carbocycles. The zero-order valence-corrected chi connectivity index (χ0v) is 10.9. The van der Waals surface area contributed by atoms with E-state index in [1.807, 2.05) is 0 Å². The molecule has 2 aliphatic rings. The van der Waals surface area contributed by atoms with Crippen LogP contribution in [0, 0.1) is 5.82 Å². The van der Waals surface area contributed by atoms with Gasteiger partial charge in [0.2, 0.25) is 0 Å². The fourth-order valence-electron chi connectivity index (χ4n) is 3.66. The van der Waals surface area contributed by atoms with E-state index in [0.717, 1.165) is 38.5 Å². The molecule has 102 valence electrons. The normalized spacial score (nSPS) is 33.2. The summed E-state index contributed by atoms with van der Waals surface area (Å²) in [5, 5.41) is 3.11. The molecular formula is C15H19FN2O. The van der Waals surface area contributed by atoms with E-state index in [4.69, 9.17) is 5.73 Å². The molecule has 0 unspecified atom stereocenters. The van der Waals surface area contributed by atoms with Gasteiger partial charge < -0.3 is 11.1 Å². The fourth-order valence-corrected chi connectivity index (χ4v) is 3.66. The van der Waals surface area contributed by atoms with E-state index in [9.17, 15) is 9.18 Å². The standard InChI is InChI=1S/C15H19FN2O/c16-12-4-1-3-11(9-12)13(19)18-15-6-2-5-14(17,10-15)7-8-15/h1,3-4,9H,2,5-8,10,17H2,(H,18,19)/t14-,15+/m1/s1. The van der Waals surface area contributed by atoms with Crippen LogP contribution in [0.4, 0.5) is 4.39 Å². The maximum absolute atomic E-state index is 13.2. The molecule has 0 spiro atoms. The van der Waals surface area contributed by atoms with Crippen LogP contribution in [0.2, 0.25) is 0 Å². The van der Waals surface area contributed by atoms with Gasteiger partial charge in [0.1, 0.15) is 5.82 Å². The lowest BCUT2D eigenvalue weighted by molar-refractivity contribution is 0.0876. The summed E-state index contributed by atoms with van der Waals surface area (Å²) in [5.74, 6) is -0.570. The van der Waals surface area contributed by atoms with Crippen LogP contribution in [0.1, 0.15) is 48.9 Å². The van der Waals surface area contributed by atoms with Gasteiger partial charge in [0.05, 0.1) is 0 Å². The number of hydrogen-bond donors (Lipinski definition) is 2. The summed E-state index contributed by atoms with van der Waals surface area (Å²) >= 11 is 0. The van der Waals surface area contributed by atoms with E-state index in [-0.39, 0.29) is 22.8 Å². The number of benzene rings is 1. The molecule has 0 aromatic heterocycles. The Balaban J connectivity index is 1.77. The first-order chi connectivity index (χ1) is 9.00. The number of nitrogens with one attached hydrogen (secondary N) is 1. The van der Waals surface area contributed by atoms with Gasteiger partial charge in [-0.3, -0.25) is 4.79 Å². The quantitative estimate of drug-likeness (QED) is 0.859. The lowest BCUT2D eigenvalue weighted by atomic mass is 9.79. The predicted molar refractivity (Wildman–Crippen MR) is 71.2 cm³/mol. The molecule has 19 heavy (non-hydrogen) atoms. The van der Waals surface area contributed by atoms with E-state index < -0.39 is 0 Å². The number of carbonyl (C=O) groups excluding carboxylic acids is 1. The molecule has 3 N–H and O–H groups in total. The fraction of sp³-hybridized carbons (Fsp3) is 0.533. The van der Waals surface area contributed by atoms with Crippen LogP contribution in [0.3, 0.4) is 0 Å². The highest BCUT2D eigenvalue weighted by molar-refractivity contribution is 5.94. The maximum atomic E-state index is 13.2. The number of carbonyl (C=O) groups is 1. The molecule has 0 aliphatic heterocycles. The van der Waals surface area contributed by atoms with Crippen LogP contribution in [0.15, 0.2) is 24.3 Å². The van der Waals surface area contributed by atoms with Crippen molar-refractivity contribution < 1.29 is 9.18 Å². The van der Waals surface area contributed by atoms with Gasteiger partial charge in [-0.25, -0.2) is 4.39 Å². The summed E-state index contributed by atoms with van der Waals surface area (Å²) in [5.41, 5.74) is 6.42. The van der Waals surface area contributed by atoms with Gasteiger partial charge >= 0.3 is 0 Å². The van der Waals surface area contributed by atoms with E-state index in [0.29, 0.717) is 5.56 Å². The Morgan fingerprint density at radius 1 is 1.26 bits per heavy atom. The molecule has 2 atom stereocenters. The third kappa shape index (κ3) is 2.37. The summed E-state index contributed by atoms with van der Waals surface area (Å²) in [4.78, 5) is 12.2. The molecule has 4 heteroatoms. The first-order valence-corrected chi connectivity index (χ1v) is 6.87. The minimum Gasteiger partial charge on any atom is -0.347 e. The third-order valence-electron chi connectivity index (χ3n) is 4.59. The Bertz CT molecular complexity index is 519. The second kappa shape index (κ2) is 4.30. The van der Waals surface area contributed by atoms with Crippen molar-refractivity contribution in [1.82, 2.24) is 5.32 Å². The topological polar surface area (TPSA) is 55.1 Å². The van der Waals surface area contributed by atoms with Crippen molar-refractivity contribution in [3.63, 3.8) is 0 Å². The minimum absolute atomic E-state index is 0.104. The van der Waals surface area contributed by atoms with Crippen molar-refractivity contribution >= 4 is 5.91 Å². The number of halogens is 1. The number of hydrogen-bond acceptors (Lipinski definition) is 2. The molecule has 1 aromatic rings. The van der Waals surface area contributed by atoms with Gasteiger partial charge in [-0.15, -0.1) is 0 Å². The van der Waals surface area contributed by atoms with Crippen molar-refractivity contribution in [3.05, 3.63) is 35.6 Å². The molecule has 3 rings (SSSR count). The lowest BCUT2D eigenvalue weighted by Crippen LogP contribution is -2.52. The average Bonchev–Trinajstić information content (AvgIpc) is 2.59. The zero-order valence-electron chi connectivity index (χ0n) is 10.9. The first-order valence-electron chi connectivity index (χ1n) is 6.87. The summed E-state index contributed by atoms with van der Waals surface area (Å²) < 4.78 is 13.2. The van der Waals surface area contributed by atoms with Crippen LogP contribution >= 0.6 is 0 Å². The Hall–Kier alpha value is -1.42. The van der Waals surface area contributed by atoms with Gasteiger partial charge in [-0.05, 0) is 56.7 Å². The van der Waals surface area contributed by atoms with Crippen LogP contribution in [0.5, 0.6) is 0 Å².